The van der Waals surface area contributed by atoms with Gasteiger partial charge in [-0.3, -0.25) is 9.78 Å². The molecule has 17 heavy (non-hydrogen) atoms. The van der Waals surface area contributed by atoms with E-state index >= 15 is 0 Å². The molecule has 6 nitrogen and oxygen atoms in total. The van der Waals surface area contributed by atoms with Crippen LogP contribution in [-0.2, 0) is 4.74 Å². The van der Waals surface area contributed by atoms with Crippen LogP contribution in [0.2, 0.25) is 0 Å². The van der Waals surface area contributed by atoms with Crippen molar-refractivity contribution in [1.82, 2.24) is 9.97 Å². The number of H-pyrrole nitrogens is 1. The number of halogens is 2. The van der Waals surface area contributed by atoms with E-state index in [-0.39, 0.29) is 0 Å². The lowest BCUT2D eigenvalue weighted by Gasteiger charge is -2.12. The van der Waals surface area contributed by atoms with Crippen molar-refractivity contribution < 1.29 is 23.7 Å². The predicted octanol–water partition coefficient (Wildman–Crippen LogP) is -0.960. The summed E-state index contributed by atoms with van der Waals surface area (Å²) in [6.45, 7) is -0.594. The summed E-state index contributed by atoms with van der Waals surface area (Å²) in [5, 5.41) is 18.2. The second kappa shape index (κ2) is 4.47. The maximum atomic E-state index is 13.6. The van der Waals surface area contributed by atoms with Crippen LogP contribution in [0.15, 0.2) is 11.0 Å². The maximum absolute atomic E-state index is 13.6. The minimum Gasteiger partial charge on any atom is -0.394 e. The quantitative estimate of drug-likeness (QED) is 0.626. The molecule has 1 aliphatic heterocycles. The molecule has 1 aliphatic rings. The fraction of sp³-hybridized carbons (Fsp3) is 0.556. The molecule has 0 bridgehead atoms. The van der Waals surface area contributed by atoms with Crippen molar-refractivity contribution in [3.63, 3.8) is 0 Å². The van der Waals surface area contributed by atoms with E-state index in [1.54, 1.807) is 0 Å². The van der Waals surface area contributed by atoms with E-state index in [1.807, 2.05) is 4.98 Å². The molecule has 1 aromatic heterocycles. The lowest BCUT2D eigenvalue weighted by atomic mass is 10.1. The smallest absolute Gasteiger partial charge is 0.268 e. The Morgan fingerprint density at radius 1 is 1.59 bits per heavy atom. The van der Waals surface area contributed by atoms with Gasteiger partial charge >= 0.3 is 0 Å². The second-order valence-corrected chi connectivity index (χ2v) is 3.66. The van der Waals surface area contributed by atoms with Crippen molar-refractivity contribution in [2.45, 2.75) is 24.5 Å². The van der Waals surface area contributed by atoms with Gasteiger partial charge in [-0.15, -0.1) is 0 Å². The standard InChI is InChI=1S/C9H10F2N2O4/c10-5-7(16)3(2-14)17-8(5)6-9(11)13-4(15)1-12-6/h1,3,5,7-8,14,16H,2H2,(H,13,15)/t3-,5+,7?,8-/m1/s1. The molecule has 0 spiro atoms. The van der Waals surface area contributed by atoms with Crippen molar-refractivity contribution in [3.8, 4) is 0 Å². The van der Waals surface area contributed by atoms with Gasteiger partial charge in [-0.05, 0) is 0 Å². The third-order valence-electron chi connectivity index (χ3n) is 2.55. The lowest BCUT2D eigenvalue weighted by Crippen LogP contribution is -2.30. The number of hydrogen-bond acceptors (Lipinski definition) is 5. The summed E-state index contributed by atoms with van der Waals surface area (Å²) in [5.41, 5.74) is -1.20. The second-order valence-electron chi connectivity index (χ2n) is 3.66. The highest BCUT2D eigenvalue weighted by atomic mass is 19.1. The summed E-state index contributed by atoms with van der Waals surface area (Å²) in [5.74, 6) is -1.11. The highest BCUT2D eigenvalue weighted by molar-refractivity contribution is 5.09. The molecule has 1 fully saturated rings. The molecule has 2 rings (SSSR count). The lowest BCUT2D eigenvalue weighted by molar-refractivity contribution is -0.0248. The average Bonchev–Trinajstić information content (AvgIpc) is 2.57. The fourth-order valence-corrected chi connectivity index (χ4v) is 1.68. The van der Waals surface area contributed by atoms with Crippen molar-refractivity contribution in [3.05, 3.63) is 28.2 Å². The number of aromatic nitrogens is 2. The normalized spacial score (nSPS) is 32.9. The van der Waals surface area contributed by atoms with E-state index < -0.39 is 48.3 Å². The number of ether oxygens (including phenoxy) is 1. The van der Waals surface area contributed by atoms with Crippen LogP contribution in [0.1, 0.15) is 11.8 Å². The first-order valence-electron chi connectivity index (χ1n) is 4.87. The van der Waals surface area contributed by atoms with E-state index in [0.29, 0.717) is 0 Å². The fourth-order valence-electron chi connectivity index (χ4n) is 1.68. The molecule has 1 saturated heterocycles. The zero-order valence-electron chi connectivity index (χ0n) is 8.51. The van der Waals surface area contributed by atoms with Crippen LogP contribution >= 0.6 is 0 Å². The molecule has 1 aromatic rings. The zero-order chi connectivity index (χ0) is 12.6. The molecule has 4 atom stereocenters. The Hall–Kier alpha value is -1.38. The van der Waals surface area contributed by atoms with Gasteiger partial charge in [0.15, 0.2) is 6.17 Å². The molecule has 0 amide bonds. The van der Waals surface area contributed by atoms with Gasteiger partial charge in [0.25, 0.3) is 5.56 Å². The minimum atomic E-state index is -1.92. The molecule has 0 saturated carbocycles. The third kappa shape index (κ3) is 2.06. The summed E-state index contributed by atoms with van der Waals surface area (Å²) >= 11 is 0. The molecular weight excluding hydrogens is 238 g/mol. The van der Waals surface area contributed by atoms with Crippen LogP contribution in [-0.4, -0.2) is 45.2 Å². The molecule has 2 heterocycles. The van der Waals surface area contributed by atoms with Crippen LogP contribution in [0.4, 0.5) is 8.78 Å². The SMILES string of the molecule is O=c1cnc([C@@H]2O[C@H](CO)C(O)[C@@H]2F)c(F)[nH]1. The van der Waals surface area contributed by atoms with E-state index in [4.69, 9.17) is 9.84 Å². The van der Waals surface area contributed by atoms with E-state index in [0.717, 1.165) is 6.20 Å². The number of aromatic amines is 1. The number of aliphatic hydroxyl groups excluding tert-OH is 2. The number of alkyl halides is 1. The van der Waals surface area contributed by atoms with E-state index in [1.165, 1.54) is 0 Å². The van der Waals surface area contributed by atoms with Crippen molar-refractivity contribution in [2.24, 2.45) is 0 Å². The monoisotopic (exact) mass is 248 g/mol. The summed E-state index contributed by atoms with van der Waals surface area (Å²) < 4.78 is 31.9. The van der Waals surface area contributed by atoms with Gasteiger partial charge in [0.1, 0.15) is 24.0 Å². The minimum absolute atomic E-state index is 0.438. The Balaban J connectivity index is 2.32. The van der Waals surface area contributed by atoms with Crippen molar-refractivity contribution in [2.75, 3.05) is 6.61 Å². The van der Waals surface area contributed by atoms with Crippen molar-refractivity contribution in [1.29, 1.82) is 0 Å². The van der Waals surface area contributed by atoms with Gasteiger partial charge in [0.05, 0.1) is 12.8 Å². The highest BCUT2D eigenvalue weighted by Gasteiger charge is 2.46. The Morgan fingerprint density at radius 3 is 2.82 bits per heavy atom. The maximum Gasteiger partial charge on any atom is 0.268 e. The van der Waals surface area contributed by atoms with Crippen LogP contribution in [0.3, 0.4) is 0 Å². The molecule has 3 N–H and O–H groups in total. The Kier molecular flexibility index (Phi) is 3.18. The first kappa shape index (κ1) is 12.1. The third-order valence-corrected chi connectivity index (χ3v) is 2.55. The molecule has 0 aromatic carbocycles. The van der Waals surface area contributed by atoms with Gasteiger partial charge in [-0.1, -0.05) is 0 Å². The Morgan fingerprint density at radius 2 is 2.29 bits per heavy atom. The molecule has 8 heteroatoms. The zero-order valence-corrected chi connectivity index (χ0v) is 8.51. The predicted molar refractivity (Wildman–Crippen MR) is 50.4 cm³/mol. The molecular formula is C9H10F2N2O4. The molecule has 0 radical (unpaired) electrons. The van der Waals surface area contributed by atoms with Crippen LogP contribution in [0.5, 0.6) is 0 Å². The van der Waals surface area contributed by atoms with Crippen LogP contribution in [0, 0.1) is 5.95 Å². The number of rotatable bonds is 2. The number of aliphatic hydroxyl groups is 2. The molecule has 94 valence electrons. The number of nitrogens with zero attached hydrogens (tertiary/aromatic N) is 1. The van der Waals surface area contributed by atoms with Gasteiger partial charge in [0, 0.05) is 0 Å². The van der Waals surface area contributed by atoms with Crippen molar-refractivity contribution >= 4 is 0 Å². The summed E-state index contributed by atoms with van der Waals surface area (Å²) in [4.78, 5) is 16.0. The summed E-state index contributed by atoms with van der Waals surface area (Å²) in [7, 11) is 0. The number of nitrogens with one attached hydrogen (secondary N) is 1. The first-order chi connectivity index (χ1) is 8.04. The van der Waals surface area contributed by atoms with Crippen LogP contribution in [0.25, 0.3) is 0 Å². The highest BCUT2D eigenvalue weighted by Crippen LogP contribution is 2.34. The average molecular weight is 248 g/mol. The summed E-state index contributed by atoms with van der Waals surface area (Å²) in [6, 6.07) is 0. The molecule has 1 unspecified atom stereocenters. The number of hydrogen-bond donors (Lipinski definition) is 3. The Labute approximate surface area is 93.9 Å². The van der Waals surface area contributed by atoms with Gasteiger partial charge in [-0.2, -0.15) is 4.39 Å². The first-order valence-corrected chi connectivity index (χ1v) is 4.87. The van der Waals surface area contributed by atoms with Gasteiger partial charge in [0.2, 0.25) is 5.95 Å². The summed E-state index contributed by atoms with van der Waals surface area (Å²) in [6.07, 6.45) is -5.27. The van der Waals surface area contributed by atoms with Gasteiger partial charge < -0.3 is 14.9 Å². The van der Waals surface area contributed by atoms with E-state index in [9.17, 15) is 18.7 Å². The Bertz CT molecular complexity index is 467. The van der Waals surface area contributed by atoms with Crippen LogP contribution < -0.4 is 5.56 Å². The molecule has 0 aliphatic carbocycles. The van der Waals surface area contributed by atoms with Gasteiger partial charge in [-0.25, -0.2) is 9.37 Å². The largest absolute Gasteiger partial charge is 0.394 e. The van der Waals surface area contributed by atoms with E-state index in [2.05, 4.69) is 4.98 Å². The topological polar surface area (TPSA) is 95.4 Å².